The predicted molar refractivity (Wildman–Crippen MR) is 134 cm³/mol. The second kappa shape index (κ2) is 11.8. The second-order valence-electron chi connectivity index (χ2n) is 8.26. The van der Waals surface area contributed by atoms with Crippen LogP contribution in [-0.2, 0) is 11.3 Å². The number of nitrogens with zero attached hydrogens (tertiary/aromatic N) is 3. The van der Waals surface area contributed by atoms with Crippen molar-refractivity contribution in [2.45, 2.75) is 50.8 Å². The zero-order chi connectivity index (χ0) is 24.7. The van der Waals surface area contributed by atoms with Crippen molar-refractivity contribution in [1.82, 2.24) is 14.8 Å². The molecule has 0 radical (unpaired) electrons. The molecule has 3 rings (SSSR count). The van der Waals surface area contributed by atoms with Crippen molar-refractivity contribution in [3.8, 4) is 17.2 Å². The van der Waals surface area contributed by atoms with Crippen molar-refractivity contribution >= 4 is 23.4 Å². The Balaban J connectivity index is 1.73. The Hall–Kier alpha value is -3.20. The first-order valence-electron chi connectivity index (χ1n) is 11.2. The van der Waals surface area contributed by atoms with Gasteiger partial charge in [-0.15, -0.1) is 10.2 Å². The van der Waals surface area contributed by atoms with Gasteiger partial charge in [0.1, 0.15) is 17.2 Å². The number of aromatic nitrogens is 3. The molecular formula is C25H32N4O4S. The largest absolute Gasteiger partial charge is 0.497 e. The minimum absolute atomic E-state index is 0.114. The summed E-state index contributed by atoms with van der Waals surface area (Å²) < 4.78 is 18.6. The number of rotatable bonds is 11. The lowest BCUT2D eigenvalue weighted by Gasteiger charge is -2.19. The van der Waals surface area contributed by atoms with Crippen molar-refractivity contribution in [3.63, 3.8) is 0 Å². The summed E-state index contributed by atoms with van der Waals surface area (Å²) in [6.07, 6.45) is -0.337. The number of carbonyl (C=O) groups is 1. The van der Waals surface area contributed by atoms with Gasteiger partial charge in [0, 0.05) is 18.3 Å². The highest BCUT2D eigenvalue weighted by molar-refractivity contribution is 8.00. The summed E-state index contributed by atoms with van der Waals surface area (Å²) in [6.45, 7) is 8.77. The van der Waals surface area contributed by atoms with Crippen molar-refractivity contribution in [2.24, 2.45) is 5.92 Å². The van der Waals surface area contributed by atoms with E-state index in [9.17, 15) is 4.79 Å². The van der Waals surface area contributed by atoms with Crippen LogP contribution < -0.4 is 19.5 Å². The zero-order valence-corrected chi connectivity index (χ0v) is 21.3. The molecule has 34 heavy (non-hydrogen) atoms. The Bertz CT molecular complexity index is 1080. The van der Waals surface area contributed by atoms with Gasteiger partial charge in [0.25, 0.3) is 0 Å². The molecule has 1 heterocycles. The summed E-state index contributed by atoms with van der Waals surface area (Å²) in [4.78, 5) is 12.8. The number of anilines is 1. The molecule has 8 nitrogen and oxygen atoms in total. The lowest BCUT2D eigenvalue weighted by atomic mass is 10.2. The second-order valence-corrected chi connectivity index (χ2v) is 9.57. The zero-order valence-electron chi connectivity index (χ0n) is 20.4. The number of thioether (sulfide) groups is 1. The Labute approximate surface area is 205 Å². The fourth-order valence-corrected chi connectivity index (χ4v) is 4.15. The van der Waals surface area contributed by atoms with Gasteiger partial charge in [-0.3, -0.25) is 4.79 Å². The van der Waals surface area contributed by atoms with Crippen LogP contribution in [0.3, 0.4) is 0 Å². The van der Waals surface area contributed by atoms with Gasteiger partial charge in [0.2, 0.25) is 5.91 Å². The summed E-state index contributed by atoms with van der Waals surface area (Å²) in [5.74, 6) is 3.11. The molecule has 0 bridgehead atoms. The minimum Gasteiger partial charge on any atom is -0.497 e. The van der Waals surface area contributed by atoms with Crippen LogP contribution in [0.1, 0.15) is 39.6 Å². The Morgan fingerprint density at radius 3 is 2.29 bits per heavy atom. The molecule has 9 heteroatoms. The first kappa shape index (κ1) is 25.4. The number of carbonyl (C=O) groups excluding carboxylic acids is 1. The molecule has 0 fully saturated rings. The highest BCUT2D eigenvalue weighted by atomic mass is 32.2. The third-order valence-corrected chi connectivity index (χ3v) is 6.10. The number of hydrogen-bond acceptors (Lipinski definition) is 7. The van der Waals surface area contributed by atoms with Crippen LogP contribution in [-0.4, -0.2) is 40.1 Å². The van der Waals surface area contributed by atoms with E-state index in [-0.39, 0.29) is 17.3 Å². The molecule has 0 saturated carbocycles. The first-order chi connectivity index (χ1) is 16.3. The molecule has 0 saturated heterocycles. The van der Waals surface area contributed by atoms with Crippen LogP contribution in [0.2, 0.25) is 0 Å². The molecule has 3 aromatic rings. The third kappa shape index (κ3) is 6.66. The lowest BCUT2D eigenvalue weighted by molar-refractivity contribution is -0.115. The fraction of sp³-hybridized carbons (Fsp3) is 0.400. The standard InChI is InChI=1S/C25H32N4O4S/c1-16(2)15-29-23(17(3)33-22-9-7-8-21(14-22)32-6)27-28-25(29)34-18(4)24(30)26-19-10-12-20(31-5)13-11-19/h7-14,16-18H,15H2,1-6H3,(H,26,30). The van der Waals surface area contributed by atoms with Crippen LogP contribution in [0.4, 0.5) is 5.69 Å². The van der Waals surface area contributed by atoms with E-state index in [1.807, 2.05) is 66.9 Å². The van der Waals surface area contributed by atoms with Crippen LogP contribution in [0.25, 0.3) is 0 Å². The molecular weight excluding hydrogens is 452 g/mol. The van der Waals surface area contributed by atoms with Crippen molar-refractivity contribution in [3.05, 3.63) is 54.4 Å². The number of amides is 1. The number of nitrogens with one attached hydrogen (secondary N) is 1. The molecule has 2 aromatic carbocycles. The minimum atomic E-state index is -0.375. The van der Waals surface area contributed by atoms with Crippen LogP contribution in [0.5, 0.6) is 17.2 Å². The molecule has 2 unspecified atom stereocenters. The average Bonchev–Trinajstić information content (AvgIpc) is 3.21. The lowest BCUT2D eigenvalue weighted by Crippen LogP contribution is -2.23. The summed E-state index contributed by atoms with van der Waals surface area (Å²) >= 11 is 1.37. The van der Waals surface area contributed by atoms with Gasteiger partial charge in [-0.05, 0) is 56.2 Å². The van der Waals surface area contributed by atoms with Crippen molar-refractivity contribution in [1.29, 1.82) is 0 Å². The maximum absolute atomic E-state index is 12.8. The molecule has 0 aliphatic rings. The third-order valence-electron chi connectivity index (χ3n) is 5.02. The van der Waals surface area contributed by atoms with Gasteiger partial charge in [-0.25, -0.2) is 0 Å². The van der Waals surface area contributed by atoms with Gasteiger partial charge in [0.15, 0.2) is 17.1 Å². The molecule has 2 atom stereocenters. The van der Waals surface area contributed by atoms with Gasteiger partial charge in [-0.2, -0.15) is 0 Å². The van der Waals surface area contributed by atoms with E-state index in [1.165, 1.54) is 11.8 Å². The molecule has 0 aliphatic carbocycles. The SMILES string of the molecule is COc1ccc(NC(=O)C(C)Sc2nnc(C(C)Oc3cccc(OC)c3)n2CC(C)C)cc1. The highest BCUT2D eigenvalue weighted by Crippen LogP contribution is 2.29. The predicted octanol–water partition coefficient (Wildman–Crippen LogP) is 5.21. The topological polar surface area (TPSA) is 87.5 Å². The van der Waals surface area contributed by atoms with E-state index in [2.05, 4.69) is 29.4 Å². The van der Waals surface area contributed by atoms with Gasteiger partial charge in [0.05, 0.1) is 19.5 Å². The number of hydrogen-bond donors (Lipinski definition) is 1. The molecule has 1 N–H and O–H groups in total. The van der Waals surface area contributed by atoms with Crippen LogP contribution >= 0.6 is 11.8 Å². The van der Waals surface area contributed by atoms with E-state index in [0.29, 0.717) is 34.9 Å². The van der Waals surface area contributed by atoms with E-state index < -0.39 is 0 Å². The van der Waals surface area contributed by atoms with E-state index in [4.69, 9.17) is 14.2 Å². The maximum Gasteiger partial charge on any atom is 0.237 e. The summed E-state index contributed by atoms with van der Waals surface area (Å²) in [7, 11) is 3.23. The summed E-state index contributed by atoms with van der Waals surface area (Å²) in [5.41, 5.74) is 0.711. The summed E-state index contributed by atoms with van der Waals surface area (Å²) in [5, 5.41) is 12.1. The number of methoxy groups -OCH3 is 2. The first-order valence-corrected chi connectivity index (χ1v) is 12.0. The van der Waals surface area contributed by atoms with Gasteiger partial charge < -0.3 is 24.1 Å². The Kier molecular flexibility index (Phi) is 8.81. The molecule has 1 aromatic heterocycles. The maximum atomic E-state index is 12.8. The fourth-order valence-electron chi connectivity index (χ4n) is 3.29. The van der Waals surface area contributed by atoms with Gasteiger partial charge >= 0.3 is 0 Å². The van der Waals surface area contributed by atoms with Crippen LogP contribution in [0, 0.1) is 5.92 Å². The molecule has 0 aliphatic heterocycles. The highest BCUT2D eigenvalue weighted by Gasteiger charge is 2.24. The number of benzene rings is 2. The van der Waals surface area contributed by atoms with E-state index in [1.54, 1.807) is 14.2 Å². The Morgan fingerprint density at radius 2 is 1.65 bits per heavy atom. The number of ether oxygens (including phenoxy) is 3. The Morgan fingerprint density at radius 1 is 0.971 bits per heavy atom. The molecule has 0 spiro atoms. The van der Waals surface area contributed by atoms with Gasteiger partial charge in [-0.1, -0.05) is 31.7 Å². The monoisotopic (exact) mass is 484 g/mol. The normalized spacial score (nSPS) is 12.8. The molecule has 182 valence electrons. The van der Waals surface area contributed by atoms with Crippen molar-refractivity contribution < 1.29 is 19.0 Å². The quantitative estimate of drug-likeness (QED) is 0.374. The summed E-state index contributed by atoms with van der Waals surface area (Å²) in [6, 6.07) is 14.7. The van der Waals surface area contributed by atoms with E-state index >= 15 is 0 Å². The molecule has 1 amide bonds. The van der Waals surface area contributed by atoms with E-state index in [0.717, 1.165) is 11.5 Å². The average molecular weight is 485 g/mol. The van der Waals surface area contributed by atoms with Crippen molar-refractivity contribution in [2.75, 3.05) is 19.5 Å². The smallest absolute Gasteiger partial charge is 0.237 e. The van der Waals surface area contributed by atoms with Crippen LogP contribution in [0.15, 0.2) is 53.7 Å².